The molecule has 3 heterocycles. The number of halogens is 2. The summed E-state index contributed by atoms with van der Waals surface area (Å²) in [5.41, 5.74) is 3.14. The molecular weight excluding hydrogens is 547 g/mol. The quantitative estimate of drug-likeness (QED) is 0.368. The van der Waals surface area contributed by atoms with E-state index in [1.54, 1.807) is 0 Å². The van der Waals surface area contributed by atoms with Crippen LogP contribution in [0.4, 0.5) is 10.5 Å². The summed E-state index contributed by atoms with van der Waals surface area (Å²) in [6, 6.07) is 11.9. The molecule has 1 atom stereocenters. The molecule has 5 nitrogen and oxygen atoms in total. The van der Waals surface area contributed by atoms with Gasteiger partial charge in [0.25, 0.3) is 17.1 Å². The van der Waals surface area contributed by atoms with Gasteiger partial charge in [0.05, 0.1) is 16.2 Å². The second-order valence-corrected chi connectivity index (χ2v) is 11.5. The lowest BCUT2D eigenvalue weighted by Gasteiger charge is -2.49. The van der Waals surface area contributed by atoms with Crippen molar-refractivity contribution in [3.8, 4) is 0 Å². The molecule has 3 amide bonds. The number of hydrogen-bond donors (Lipinski definition) is 1. The van der Waals surface area contributed by atoms with Gasteiger partial charge in [-0.05, 0) is 90.0 Å². The minimum Gasteiger partial charge on any atom is -0.302 e. The smallest absolute Gasteiger partial charge is 0.290 e. The first-order chi connectivity index (χ1) is 14.5. The topological polar surface area (TPSA) is 66.5 Å². The summed E-state index contributed by atoms with van der Waals surface area (Å²) in [5, 5.41) is 2.50. The van der Waals surface area contributed by atoms with E-state index in [2.05, 4.69) is 40.9 Å². The Morgan fingerprint density at radius 1 is 1.10 bits per heavy atom. The van der Waals surface area contributed by atoms with Gasteiger partial charge in [0.1, 0.15) is 0 Å². The number of thioether (sulfide) groups is 1. The Hall–Kier alpha value is -1.84. The molecule has 158 valence electrons. The maximum atomic E-state index is 13.7. The molecule has 0 bridgehead atoms. The number of carbonyl (C=O) groups excluding carboxylic acids is 3. The SMILES string of the molecule is CC1(c2ccc(Cl)cc2)CC(C)(C)N2C(=O)C(=C3SC(=O)NC3=O)c3cc(I)cc1c32. The number of nitrogens with one attached hydrogen (secondary N) is 1. The molecule has 0 radical (unpaired) electrons. The van der Waals surface area contributed by atoms with Crippen molar-refractivity contribution in [3.05, 3.63) is 66.6 Å². The van der Waals surface area contributed by atoms with Gasteiger partial charge in [-0.25, -0.2) is 0 Å². The Kier molecular flexibility index (Phi) is 4.63. The van der Waals surface area contributed by atoms with Gasteiger partial charge in [0, 0.05) is 25.1 Å². The van der Waals surface area contributed by atoms with Gasteiger partial charge in [-0.3, -0.25) is 19.7 Å². The molecule has 0 saturated carbocycles. The lowest BCUT2D eigenvalue weighted by molar-refractivity contribution is -0.116. The molecule has 0 spiro atoms. The fraction of sp³-hybridized carbons (Fsp3) is 0.261. The van der Waals surface area contributed by atoms with Crippen LogP contribution in [0, 0.1) is 3.57 Å². The summed E-state index contributed by atoms with van der Waals surface area (Å²) in [5.74, 6) is -0.738. The van der Waals surface area contributed by atoms with Crippen LogP contribution in [0.25, 0.3) is 5.57 Å². The number of amides is 3. The number of anilines is 1. The molecule has 5 rings (SSSR count). The molecule has 0 aliphatic carbocycles. The number of nitrogens with zero attached hydrogens (tertiary/aromatic N) is 1. The van der Waals surface area contributed by atoms with Crippen molar-refractivity contribution >= 4 is 74.3 Å². The van der Waals surface area contributed by atoms with Crippen LogP contribution in [-0.4, -0.2) is 22.6 Å². The molecule has 8 heteroatoms. The van der Waals surface area contributed by atoms with Crippen LogP contribution < -0.4 is 10.2 Å². The minimum absolute atomic E-state index is 0.178. The van der Waals surface area contributed by atoms with Gasteiger partial charge >= 0.3 is 0 Å². The van der Waals surface area contributed by atoms with Crippen molar-refractivity contribution in [2.24, 2.45) is 0 Å². The standard InChI is InChI=1S/C23H18ClIN2O3S/c1-22(2)10-23(3,11-4-6-12(24)7-5-11)15-9-13(25)8-14-16(20(29)27(22)17(14)15)18-19(28)26-21(30)31-18/h4-9H,10H2,1-3H3,(H,26,28,30). The third kappa shape index (κ3) is 3.00. The van der Waals surface area contributed by atoms with Crippen LogP contribution >= 0.6 is 46.0 Å². The molecule has 2 aromatic carbocycles. The summed E-state index contributed by atoms with van der Waals surface area (Å²) in [6.45, 7) is 6.28. The molecular formula is C23H18ClIN2O3S. The average molecular weight is 565 g/mol. The third-order valence-corrected chi connectivity index (χ3v) is 8.05. The molecule has 2 aromatic rings. The number of hydrogen-bond acceptors (Lipinski definition) is 4. The van der Waals surface area contributed by atoms with Crippen molar-refractivity contribution in [1.29, 1.82) is 0 Å². The number of rotatable bonds is 1. The monoisotopic (exact) mass is 564 g/mol. The minimum atomic E-state index is -0.510. The molecule has 0 aromatic heterocycles. The zero-order chi connectivity index (χ0) is 22.3. The van der Waals surface area contributed by atoms with Gasteiger partial charge in [0.15, 0.2) is 0 Å². The van der Waals surface area contributed by atoms with E-state index in [1.807, 2.05) is 49.1 Å². The molecule has 1 fully saturated rings. The van der Waals surface area contributed by atoms with Crippen LogP contribution in [0.3, 0.4) is 0 Å². The first kappa shape index (κ1) is 21.0. The highest BCUT2D eigenvalue weighted by Crippen LogP contribution is 2.57. The first-order valence-corrected chi connectivity index (χ1v) is 12.0. The predicted octanol–water partition coefficient (Wildman–Crippen LogP) is 5.47. The Morgan fingerprint density at radius 3 is 2.39 bits per heavy atom. The normalized spacial score (nSPS) is 26.4. The zero-order valence-corrected chi connectivity index (χ0v) is 20.7. The number of benzene rings is 2. The van der Waals surface area contributed by atoms with Crippen LogP contribution in [-0.2, 0) is 15.0 Å². The van der Waals surface area contributed by atoms with Crippen molar-refractivity contribution in [2.45, 2.75) is 38.1 Å². The number of carbonyl (C=O) groups is 3. The first-order valence-electron chi connectivity index (χ1n) is 9.75. The number of imide groups is 1. The zero-order valence-electron chi connectivity index (χ0n) is 17.0. The second kappa shape index (κ2) is 6.83. The van der Waals surface area contributed by atoms with E-state index < -0.39 is 16.7 Å². The van der Waals surface area contributed by atoms with Gasteiger partial charge in [-0.1, -0.05) is 30.7 Å². The fourth-order valence-corrected chi connectivity index (χ4v) is 6.69. The predicted molar refractivity (Wildman–Crippen MR) is 131 cm³/mol. The fourth-order valence-electron chi connectivity index (χ4n) is 5.17. The Morgan fingerprint density at radius 2 is 1.77 bits per heavy atom. The average Bonchev–Trinajstić information content (AvgIpc) is 3.15. The van der Waals surface area contributed by atoms with E-state index in [9.17, 15) is 14.4 Å². The van der Waals surface area contributed by atoms with Crippen LogP contribution in [0.2, 0.25) is 5.02 Å². The van der Waals surface area contributed by atoms with Gasteiger partial charge < -0.3 is 4.90 Å². The lowest BCUT2D eigenvalue weighted by atomic mass is 9.65. The van der Waals surface area contributed by atoms with Crippen molar-refractivity contribution in [2.75, 3.05) is 4.90 Å². The molecule has 1 N–H and O–H groups in total. The molecule has 3 aliphatic heterocycles. The molecule has 3 aliphatic rings. The van der Waals surface area contributed by atoms with E-state index in [0.29, 0.717) is 22.6 Å². The highest BCUT2D eigenvalue weighted by atomic mass is 127. The highest BCUT2D eigenvalue weighted by Gasteiger charge is 2.54. The van der Waals surface area contributed by atoms with E-state index in [0.717, 1.165) is 32.1 Å². The van der Waals surface area contributed by atoms with E-state index in [-0.39, 0.29) is 16.2 Å². The van der Waals surface area contributed by atoms with Crippen molar-refractivity contribution < 1.29 is 14.4 Å². The van der Waals surface area contributed by atoms with Crippen LogP contribution in [0.15, 0.2) is 41.3 Å². The molecule has 1 saturated heterocycles. The van der Waals surface area contributed by atoms with Gasteiger partial charge in [-0.15, -0.1) is 0 Å². The Bertz CT molecular complexity index is 1240. The maximum absolute atomic E-state index is 13.7. The van der Waals surface area contributed by atoms with Crippen LogP contribution in [0.1, 0.15) is 43.9 Å². The Balaban J connectivity index is 1.84. The lowest BCUT2D eigenvalue weighted by Crippen LogP contribution is -2.54. The summed E-state index contributed by atoms with van der Waals surface area (Å²) in [6.07, 6.45) is 0.695. The summed E-state index contributed by atoms with van der Waals surface area (Å²) in [7, 11) is 0. The van der Waals surface area contributed by atoms with Gasteiger partial charge in [-0.2, -0.15) is 0 Å². The van der Waals surface area contributed by atoms with E-state index in [1.165, 1.54) is 0 Å². The largest absolute Gasteiger partial charge is 0.302 e. The maximum Gasteiger partial charge on any atom is 0.290 e. The van der Waals surface area contributed by atoms with Crippen LogP contribution in [0.5, 0.6) is 0 Å². The van der Waals surface area contributed by atoms with E-state index >= 15 is 0 Å². The van der Waals surface area contributed by atoms with Gasteiger partial charge in [0.2, 0.25) is 0 Å². The second-order valence-electron chi connectivity index (χ2n) is 8.87. The molecule has 1 unspecified atom stereocenters. The van der Waals surface area contributed by atoms with E-state index in [4.69, 9.17) is 11.6 Å². The summed E-state index contributed by atoms with van der Waals surface area (Å²) >= 11 is 9.19. The Labute approximate surface area is 202 Å². The van der Waals surface area contributed by atoms with Crippen molar-refractivity contribution in [1.82, 2.24) is 5.32 Å². The molecule has 31 heavy (non-hydrogen) atoms. The van der Waals surface area contributed by atoms with Crippen molar-refractivity contribution in [3.63, 3.8) is 0 Å². The summed E-state index contributed by atoms with van der Waals surface area (Å²) < 4.78 is 0.966. The summed E-state index contributed by atoms with van der Waals surface area (Å²) in [4.78, 5) is 40.0. The third-order valence-electron chi connectivity index (χ3n) is 6.30. The highest BCUT2D eigenvalue weighted by molar-refractivity contribution is 14.1.